The average Bonchev–Trinajstić information content (AvgIpc) is 2.37. The minimum absolute atomic E-state index is 0.230. The summed E-state index contributed by atoms with van der Waals surface area (Å²) in [4.78, 5) is 0. The maximum atomic E-state index is 8.61. The number of ether oxygens (including phenoxy) is 2. The first-order valence-electron chi connectivity index (χ1n) is 5.91. The summed E-state index contributed by atoms with van der Waals surface area (Å²) < 4.78 is 11.0. The van der Waals surface area contributed by atoms with Gasteiger partial charge in [0.15, 0.2) is 0 Å². The summed E-state index contributed by atoms with van der Waals surface area (Å²) in [6, 6.07) is 7.68. The van der Waals surface area contributed by atoms with E-state index in [4.69, 9.17) is 14.6 Å². The lowest BCUT2D eigenvalue weighted by Gasteiger charge is -2.07. The van der Waals surface area contributed by atoms with Gasteiger partial charge in [-0.15, -0.1) is 0 Å². The van der Waals surface area contributed by atoms with Crippen molar-refractivity contribution in [2.75, 3.05) is 31.3 Å². The van der Waals surface area contributed by atoms with Crippen molar-refractivity contribution in [3.05, 3.63) is 24.3 Å². The van der Waals surface area contributed by atoms with Crippen LogP contribution in [0.4, 0.5) is 0 Å². The maximum Gasteiger partial charge on any atom is 0.119 e. The molecule has 1 N–H and O–H groups in total. The summed E-state index contributed by atoms with van der Waals surface area (Å²) in [7, 11) is 0. The second kappa shape index (κ2) is 9.19. The molecule has 0 atom stereocenters. The van der Waals surface area contributed by atoms with Crippen LogP contribution < -0.4 is 9.47 Å². The van der Waals surface area contributed by atoms with Crippen molar-refractivity contribution >= 4 is 11.8 Å². The Bertz CT molecular complexity index is 287. The zero-order valence-corrected chi connectivity index (χ0v) is 11.0. The number of hydrogen-bond donors (Lipinski definition) is 1. The summed E-state index contributed by atoms with van der Waals surface area (Å²) >= 11 is 1.69. The van der Waals surface area contributed by atoms with Crippen LogP contribution >= 0.6 is 11.8 Å². The van der Waals surface area contributed by atoms with Crippen LogP contribution in [0.5, 0.6) is 11.5 Å². The molecule has 0 fully saturated rings. The standard InChI is InChI=1S/C13H20O3S/c1-2-8-15-12-3-5-13(6-4-12)16-9-11-17-10-7-14/h3-6,14H,2,7-11H2,1H3. The highest BCUT2D eigenvalue weighted by molar-refractivity contribution is 7.99. The number of hydrogen-bond acceptors (Lipinski definition) is 4. The number of rotatable bonds is 9. The number of thioether (sulfide) groups is 1. The molecule has 0 amide bonds. The number of benzene rings is 1. The second-order valence-electron chi connectivity index (χ2n) is 3.50. The molecule has 1 aromatic carbocycles. The summed E-state index contributed by atoms with van der Waals surface area (Å²) in [5.74, 6) is 3.41. The lowest BCUT2D eigenvalue weighted by atomic mass is 10.3. The quantitative estimate of drug-likeness (QED) is 0.689. The van der Waals surface area contributed by atoms with Gasteiger partial charge in [0, 0.05) is 11.5 Å². The van der Waals surface area contributed by atoms with Gasteiger partial charge in [0.25, 0.3) is 0 Å². The first-order valence-corrected chi connectivity index (χ1v) is 7.06. The Hall–Kier alpha value is -0.870. The molecule has 0 bridgehead atoms. The molecule has 0 unspecified atom stereocenters. The molecule has 17 heavy (non-hydrogen) atoms. The molecule has 0 aliphatic heterocycles. The molecule has 96 valence electrons. The average molecular weight is 256 g/mol. The van der Waals surface area contributed by atoms with Crippen LogP contribution in [0.25, 0.3) is 0 Å². The lowest BCUT2D eigenvalue weighted by Crippen LogP contribution is -2.01. The van der Waals surface area contributed by atoms with Crippen LogP contribution in [-0.4, -0.2) is 36.4 Å². The highest BCUT2D eigenvalue weighted by Gasteiger charge is 1.96. The minimum atomic E-state index is 0.230. The van der Waals surface area contributed by atoms with E-state index in [0.29, 0.717) is 6.61 Å². The third-order valence-electron chi connectivity index (χ3n) is 2.03. The largest absolute Gasteiger partial charge is 0.494 e. The first kappa shape index (κ1) is 14.2. The third-order valence-corrected chi connectivity index (χ3v) is 2.96. The summed E-state index contributed by atoms with van der Waals surface area (Å²) in [6.07, 6.45) is 1.01. The SMILES string of the molecule is CCCOc1ccc(OCCSCCO)cc1. The number of aliphatic hydroxyl groups excluding tert-OH is 1. The zero-order valence-electron chi connectivity index (χ0n) is 10.2. The van der Waals surface area contributed by atoms with E-state index in [1.165, 1.54) is 0 Å². The zero-order chi connectivity index (χ0) is 12.3. The van der Waals surface area contributed by atoms with E-state index in [-0.39, 0.29) is 6.61 Å². The summed E-state index contributed by atoms with van der Waals surface area (Å²) in [5, 5.41) is 8.61. The smallest absolute Gasteiger partial charge is 0.119 e. The lowest BCUT2D eigenvalue weighted by molar-refractivity contribution is 0.314. The fraction of sp³-hybridized carbons (Fsp3) is 0.538. The molecule has 3 nitrogen and oxygen atoms in total. The van der Waals surface area contributed by atoms with Crippen molar-refractivity contribution < 1.29 is 14.6 Å². The van der Waals surface area contributed by atoms with Crippen molar-refractivity contribution in [1.29, 1.82) is 0 Å². The molecule has 0 radical (unpaired) electrons. The second-order valence-corrected chi connectivity index (χ2v) is 4.73. The van der Waals surface area contributed by atoms with E-state index in [1.807, 2.05) is 24.3 Å². The monoisotopic (exact) mass is 256 g/mol. The van der Waals surface area contributed by atoms with Crippen LogP contribution in [0.2, 0.25) is 0 Å². The molecule has 0 aliphatic carbocycles. The predicted octanol–water partition coefficient (Wildman–Crippen LogP) is 2.58. The van der Waals surface area contributed by atoms with Crippen molar-refractivity contribution in [3.63, 3.8) is 0 Å². The fourth-order valence-electron chi connectivity index (χ4n) is 1.24. The van der Waals surface area contributed by atoms with Gasteiger partial charge in [0.1, 0.15) is 11.5 Å². The van der Waals surface area contributed by atoms with Gasteiger partial charge < -0.3 is 14.6 Å². The number of aliphatic hydroxyl groups is 1. The predicted molar refractivity (Wildman–Crippen MR) is 72.1 cm³/mol. The van der Waals surface area contributed by atoms with Gasteiger partial charge in [-0.2, -0.15) is 11.8 Å². The molecular formula is C13H20O3S. The normalized spacial score (nSPS) is 10.2. The van der Waals surface area contributed by atoms with Crippen molar-refractivity contribution in [1.82, 2.24) is 0 Å². The van der Waals surface area contributed by atoms with E-state index in [2.05, 4.69) is 6.92 Å². The van der Waals surface area contributed by atoms with Crippen molar-refractivity contribution in [2.45, 2.75) is 13.3 Å². The van der Waals surface area contributed by atoms with E-state index < -0.39 is 0 Å². The van der Waals surface area contributed by atoms with Crippen molar-refractivity contribution in [2.24, 2.45) is 0 Å². The fourth-order valence-corrected chi connectivity index (χ4v) is 1.77. The van der Waals surface area contributed by atoms with Gasteiger partial charge in [-0.3, -0.25) is 0 Å². The Labute approximate surface area is 107 Å². The first-order chi connectivity index (χ1) is 8.36. The maximum absolute atomic E-state index is 8.61. The summed E-state index contributed by atoms with van der Waals surface area (Å²) in [6.45, 7) is 3.73. The molecular weight excluding hydrogens is 236 g/mol. The van der Waals surface area contributed by atoms with Crippen LogP contribution in [0.3, 0.4) is 0 Å². The minimum Gasteiger partial charge on any atom is -0.494 e. The molecule has 0 heterocycles. The van der Waals surface area contributed by atoms with Gasteiger partial charge in [-0.05, 0) is 30.7 Å². The van der Waals surface area contributed by atoms with Crippen LogP contribution in [-0.2, 0) is 0 Å². The molecule has 1 aromatic rings. The van der Waals surface area contributed by atoms with Gasteiger partial charge in [0.05, 0.1) is 19.8 Å². The van der Waals surface area contributed by atoms with Gasteiger partial charge >= 0.3 is 0 Å². The van der Waals surface area contributed by atoms with E-state index in [9.17, 15) is 0 Å². The van der Waals surface area contributed by atoms with Crippen LogP contribution in [0.15, 0.2) is 24.3 Å². The Balaban J connectivity index is 2.20. The molecule has 1 rings (SSSR count). The van der Waals surface area contributed by atoms with E-state index in [0.717, 1.165) is 36.0 Å². The Morgan fingerprint density at radius 2 is 1.59 bits per heavy atom. The topological polar surface area (TPSA) is 38.7 Å². The van der Waals surface area contributed by atoms with Gasteiger partial charge in [-0.1, -0.05) is 6.92 Å². The molecule has 4 heteroatoms. The van der Waals surface area contributed by atoms with E-state index in [1.54, 1.807) is 11.8 Å². The van der Waals surface area contributed by atoms with Gasteiger partial charge in [-0.25, -0.2) is 0 Å². The van der Waals surface area contributed by atoms with Crippen LogP contribution in [0, 0.1) is 0 Å². The highest BCUT2D eigenvalue weighted by Crippen LogP contribution is 2.17. The van der Waals surface area contributed by atoms with E-state index >= 15 is 0 Å². The molecule has 0 aliphatic rings. The van der Waals surface area contributed by atoms with Gasteiger partial charge in [0.2, 0.25) is 0 Å². The molecule has 0 saturated heterocycles. The molecule has 0 saturated carbocycles. The molecule has 0 aromatic heterocycles. The summed E-state index contributed by atoms with van der Waals surface area (Å²) in [5.41, 5.74) is 0. The Morgan fingerprint density at radius 1 is 1.00 bits per heavy atom. The third kappa shape index (κ3) is 6.44. The Morgan fingerprint density at radius 3 is 2.12 bits per heavy atom. The Kier molecular flexibility index (Phi) is 7.67. The van der Waals surface area contributed by atoms with Crippen LogP contribution in [0.1, 0.15) is 13.3 Å². The molecule has 0 spiro atoms. The van der Waals surface area contributed by atoms with Crippen molar-refractivity contribution in [3.8, 4) is 11.5 Å². The highest BCUT2D eigenvalue weighted by atomic mass is 32.2.